The maximum atomic E-state index is 9.75. The zero-order valence-electron chi connectivity index (χ0n) is 11.7. The molecule has 1 aliphatic rings. The van der Waals surface area contributed by atoms with E-state index in [-0.39, 0.29) is 12.1 Å². The van der Waals surface area contributed by atoms with Gasteiger partial charge < -0.3 is 14.8 Å². The van der Waals surface area contributed by atoms with E-state index in [0.717, 1.165) is 37.3 Å². The minimum absolute atomic E-state index is 0.0465. The summed E-state index contributed by atoms with van der Waals surface area (Å²) in [6.45, 7) is 3.42. The van der Waals surface area contributed by atoms with Crippen LogP contribution in [0.1, 0.15) is 44.8 Å². The molecule has 0 radical (unpaired) electrons. The Hall–Kier alpha value is -0.450. The number of nitrogens with one attached hydrogen (secondary N) is 1. The minimum Gasteiger partial charge on any atom is -0.468 e. The van der Waals surface area contributed by atoms with Gasteiger partial charge in [-0.3, -0.25) is 0 Å². The van der Waals surface area contributed by atoms with Gasteiger partial charge in [0.2, 0.25) is 0 Å². The van der Waals surface area contributed by atoms with Gasteiger partial charge in [-0.1, -0.05) is 13.3 Å². The summed E-state index contributed by atoms with van der Waals surface area (Å²) in [5.41, 5.74) is -0.0465. The second kappa shape index (κ2) is 7.36. The average Bonchev–Trinajstić information content (AvgIpc) is 2.97. The molecule has 0 aliphatic heterocycles. The molecule has 2 rings (SSSR count). The predicted molar refractivity (Wildman–Crippen MR) is 80.4 cm³/mol. The molecule has 1 aromatic rings. The normalized spacial score (nSPS) is 27.6. The van der Waals surface area contributed by atoms with Crippen LogP contribution in [0.4, 0.5) is 0 Å². The van der Waals surface area contributed by atoms with Crippen LogP contribution in [0.25, 0.3) is 0 Å². The number of rotatable bonds is 7. The van der Waals surface area contributed by atoms with Crippen LogP contribution in [-0.2, 0) is 5.75 Å². The van der Waals surface area contributed by atoms with Crippen LogP contribution < -0.4 is 5.32 Å². The fourth-order valence-corrected chi connectivity index (χ4v) is 4.13. The molecule has 0 bridgehead atoms. The summed E-state index contributed by atoms with van der Waals surface area (Å²) in [6.07, 6.45) is 7.47. The van der Waals surface area contributed by atoms with Gasteiger partial charge in [-0.25, -0.2) is 0 Å². The van der Waals surface area contributed by atoms with E-state index in [1.807, 2.05) is 23.9 Å². The van der Waals surface area contributed by atoms with Gasteiger partial charge in [0.1, 0.15) is 5.76 Å². The lowest BCUT2D eigenvalue weighted by atomic mass is 9.82. The molecular weight excluding hydrogens is 258 g/mol. The number of hydrogen-bond donors (Lipinski definition) is 2. The van der Waals surface area contributed by atoms with Gasteiger partial charge in [0.15, 0.2) is 0 Å². The Kier molecular flexibility index (Phi) is 5.79. The number of aliphatic hydroxyl groups is 1. The first-order valence-corrected chi connectivity index (χ1v) is 8.33. The van der Waals surface area contributed by atoms with Gasteiger partial charge in [-0.05, 0) is 44.4 Å². The minimum atomic E-state index is -0.0465. The topological polar surface area (TPSA) is 45.4 Å². The molecule has 2 N–H and O–H groups in total. The molecule has 1 aromatic heterocycles. The molecule has 0 amide bonds. The van der Waals surface area contributed by atoms with E-state index in [9.17, 15) is 5.11 Å². The van der Waals surface area contributed by atoms with Crippen LogP contribution in [0.3, 0.4) is 0 Å². The van der Waals surface area contributed by atoms with Crippen molar-refractivity contribution in [1.82, 2.24) is 5.32 Å². The molecule has 0 aromatic carbocycles. The third kappa shape index (κ3) is 4.26. The first kappa shape index (κ1) is 14.9. The van der Waals surface area contributed by atoms with Crippen molar-refractivity contribution < 1.29 is 9.52 Å². The van der Waals surface area contributed by atoms with Crippen LogP contribution in [-0.4, -0.2) is 29.0 Å². The average molecular weight is 283 g/mol. The van der Waals surface area contributed by atoms with Gasteiger partial charge in [-0.2, -0.15) is 11.8 Å². The first-order chi connectivity index (χ1) is 9.28. The van der Waals surface area contributed by atoms with Gasteiger partial charge >= 0.3 is 0 Å². The lowest BCUT2D eigenvalue weighted by Crippen LogP contribution is -2.52. The van der Waals surface area contributed by atoms with E-state index in [4.69, 9.17) is 4.42 Å². The Bertz CT molecular complexity index is 355. The highest BCUT2D eigenvalue weighted by molar-refractivity contribution is 7.99. The molecule has 0 saturated heterocycles. The van der Waals surface area contributed by atoms with Gasteiger partial charge in [0.05, 0.1) is 18.6 Å². The van der Waals surface area contributed by atoms with Crippen LogP contribution in [0.2, 0.25) is 0 Å². The highest BCUT2D eigenvalue weighted by Crippen LogP contribution is 2.36. The maximum absolute atomic E-state index is 9.75. The summed E-state index contributed by atoms with van der Waals surface area (Å²) in [6, 6.07) is 3.97. The Balaban J connectivity index is 1.84. The van der Waals surface area contributed by atoms with Crippen LogP contribution in [0.15, 0.2) is 22.8 Å². The highest BCUT2D eigenvalue weighted by atomic mass is 32.2. The van der Waals surface area contributed by atoms with Gasteiger partial charge in [0.25, 0.3) is 0 Å². The molecule has 1 aliphatic carbocycles. The summed E-state index contributed by atoms with van der Waals surface area (Å²) in [4.78, 5) is 0. The Morgan fingerprint density at radius 1 is 1.58 bits per heavy atom. The molecule has 2 atom stereocenters. The summed E-state index contributed by atoms with van der Waals surface area (Å²) >= 11 is 1.96. The molecule has 4 heteroatoms. The summed E-state index contributed by atoms with van der Waals surface area (Å²) in [5, 5.41) is 13.9. The standard InChI is InChI=1S/C15H25NO2S/c1-2-8-16-15(12-17)7-3-6-14(10-15)19-11-13-5-4-9-18-13/h4-5,9,14,16-17H,2-3,6-8,10-12H2,1H3. The third-order valence-corrected chi connectivity index (χ3v) is 5.22. The van der Waals surface area contributed by atoms with E-state index in [2.05, 4.69) is 12.2 Å². The molecular formula is C15H25NO2S. The van der Waals surface area contributed by atoms with Crippen LogP contribution in [0.5, 0.6) is 0 Å². The summed E-state index contributed by atoms with van der Waals surface area (Å²) in [5.74, 6) is 1.99. The Morgan fingerprint density at radius 3 is 3.16 bits per heavy atom. The zero-order valence-corrected chi connectivity index (χ0v) is 12.5. The number of furan rings is 1. The molecule has 108 valence electrons. The van der Waals surface area contributed by atoms with Crippen molar-refractivity contribution in [2.24, 2.45) is 0 Å². The number of hydrogen-bond acceptors (Lipinski definition) is 4. The lowest BCUT2D eigenvalue weighted by Gasteiger charge is -2.40. The fraction of sp³-hybridized carbons (Fsp3) is 0.733. The number of aliphatic hydroxyl groups excluding tert-OH is 1. The van der Waals surface area contributed by atoms with Crippen LogP contribution in [0, 0.1) is 0 Å². The molecule has 1 heterocycles. The van der Waals surface area contributed by atoms with E-state index in [1.165, 1.54) is 12.8 Å². The number of thioether (sulfide) groups is 1. The smallest absolute Gasteiger partial charge is 0.113 e. The monoisotopic (exact) mass is 283 g/mol. The molecule has 2 unspecified atom stereocenters. The van der Waals surface area contributed by atoms with Crippen molar-refractivity contribution in [2.45, 2.75) is 55.6 Å². The third-order valence-electron chi connectivity index (χ3n) is 3.89. The fourth-order valence-electron chi connectivity index (χ4n) is 2.80. The SMILES string of the molecule is CCCNC1(CO)CCCC(SCc2ccco2)C1. The Morgan fingerprint density at radius 2 is 2.47 bits per heavy atom. The molecule has 19 heavy (non-hydrogen) atoms. The van der Waals surface area contributed by atoms with E-state index >= 15 is 0 Å². The quantitative estimate of drug-likeness (QED) is 0.807. The van der Waals surface area contributed by atoms with Crippen molar-refractivity contribution in [3.63, 3.8) is 0 Å². The molecule has 1 saturated carbocycles. The highest BCUT2D eigenvalue weighted by Gasteiger charge is 2.35. The zero-order chi connectivity index (χ0) is 13.6. The molecule has 0 spiro atoms. The second-order valence-electron chi connectivity index (χ2n) is 5.47. The lowest BCUT2D eigenvalue weighted by molar-refractivity contribution is 0.124. The summed E-state index contributed by atoms with van der Waals surface area (Å²) < 4.78 is 5.38. The Labute approximate surface area is 120 Å². The van der Waals surface area contributed by atoms with Crippen molar-refractivity contribution in [1.29, 1.82) is 0 Å². The first-order valence-electron chi connectivity index (χ1n) is 7.28. The summed E-state index contributed by atoms with van der Waals surface area (Å²) in [7, 11) is 0. The van der Waals surface area contributed by atoms with E-state index in [0.29, 0.717) is 5.25 Å². The van der Waals surface area contributed by atoms with Crippen LogP contribution >= 0.6 is 11.8 Å². The van der Waals surface area contributed by atoms with Crippen molar-refractivity contribution in [3.8, 4) is 0 Å². The van der Waals surface area contributed by atoms with Gasteiger partial charge in [-0.15, -0.1) is 0 Å². The largest absolute Gasteiger partial charge is 0.468 e. The van der Waals surface area contributed by atoms with E-state index in [1.54, 1.807) is 6.26 Å². The van der Waals surface area contributed by atoms with Crippen molar-refractivity contribution in [2.75, 3.05) is 13.2 Å². The molecule has 1 fully saturated rings. The van der Waals surface area contributed by atoms with Gasteiger partial charge in [0, 0.05) is 10.8 Å². The van der Waals surface area contributed by atoms with Crippen molar-refractivity contribution in [3.05, 3.63) is 24.2 Å². The van der Waals surface area contributed by atoms with Crippen molar-refractivity contribution >= 4 is 11.8 Å². The second-order valence-corrected chi connectivity index (χ2v) is 6.76. The molecule has 3 nitrogen and oxygen atoms in total. The predicted octanol–water partition coefficient (Wildman–Crippen LogP) is 3.19. The van der Waals surface area contributed by atoms with E-state index < -0.39 is 0 Å². The maximum Gasteiger partial charge on any atom is 0.113 e.